The van der Waals surface area contributed by atoms with Gasteiger partial charge in [-0.25, -0.2) is 0 Å². The molecule has 0 aliphatic carbocycles. The Morgan fingerprint density at radius 3 is 1.68 bits per heavy atom. The van der Waals surface area contributed by atoms with Crippen molar-refractivity contribution in [2.75, 3.05) is 19.8 Å². The van der Waals surface area contributed by atoms with Crippen LogP contribution < -0.4 is 36.6 Å². The maximum Gasteiger partial charge on any atom is 0.243 e. The lowest BCUT2D eigenvalue weighted by molar-refractivity contribution is -0.143. The van der Waals surface area contributed by atoms with Crippen molar-refractivity contribution in [1.29, 1.82) is 0 Å². The van der Waals surface area contributed by atoms with Gasteiger partial charge < -0.3 is 40.8 Å². The molecule has 2 heterocycles. The van der Waals surface area contributed by atoms with E-state index in [9.17, 15) is 24.0 Å². The van der Waals surface area contributed by atoms with Crippen molar-refractivity contribution in [1.82, 2.24) is 31.9 Å². The van der Waals surface area contributed by atoms with Crippen molar-refractivity contribution in [3.05, 3.63) is 65.7 Å². The molecule has 0 saturated carbocycles. The van der Waals surface area contributed by atoms with Gasteiger partial charge in [-0.1, -0.05) is 70.2 Å². The van der Waals surface area contributed by atoms with Gasteiger partial charge in [-0.15, -0.1) is 0 Å². The van der Waals surface area contributed by atoms with E-state index in [1.807, 2.05) is 124 Å². The average Bonchev–Trinajstić information content (AvgIpc) is 3.11. The standard InChI is InChI=1S/C45H68N6O8/c1-27(2)21-33-38(52)48-35(23-31-17-19-32(20-18-31)59-44(9,10)11)40(54)50-36(28(3)4)41(55)46-24-45(25-57-26-45)51-37(29(5)58-43(6,7)8)42(56)49-34(39(53)47-33)22-30-15-13-12-14-16-30/h12-20,27-29,33-37,51H,21-26H2,1-11H3,(H,46,55)(H,47,53)(H,48,52)(H,49,56)(H,50,54)/t29-,33+,34+,35+,36+,37+/m1/s1. The van der Waals surface area contributed by atoms with E-state index in [0.717, 1.165) is 11.1 Å². The molecule has 6 atom stereocenters. The first-order chi connectivity index (χ1) is 27.5. The fourth-order valence-corrected chi connectivity index (χ4v) is 7.15. The van der Waals surface area contributed by atoms with Crippen LogP contribution in [0.3, 0.4) is 0 Å². The highest BCUT2D eigenvalue weighted by Crippen LogP contribution is 2.23. The third-order valence-electron chi connectivity index (χ3n) is 10.0. The predicted molar refractivity (Wildman–Crippen MR) is 226 cm³/mol. The molecule has 14 heteroatoms. The Morgan fingerprint density at radius 2 is 1.17 bits per heavy atom. The molecule has 0 unspecified atom stereocenters. The van der Waals surface area contributed by atoms with Crippen LogP contribution in [0, 0.1) is 11.8 Å². The lowest BCUT2D eigenvalue weighted by atomic mass is 9.93. The second-order valence-electron chi connectivity index (χ2n) is 18.8. The smallest absolute Gasteiger partial charge is 0.243 e. The van der Waals surface area contributed by atoms with E-state index >= 15 is 0 Å². The normalized spacial score (nSPS) is 24.5. The first-order valence-electron chi connectivity index (χ1n) is 20.9. The van der Waals surface area contributed by atoms with E-state index < -0.39 is 82.6 Å². The maximum absolute atomic E-state index is 14.5. The van der Waals surface area contributed by atoms with Gasteiger partial charge in [-0.2, -0.15) is 0 Å². The van der Waals surface area contributed by atoms with Gasteiger partial charge >= 0.3 is 0 Å². The SMILES string of the molecule is CC(C)C[C@@H]1NC(=O)[C@H](Cc2ccccc2)NC(=O)[C@H]([C@@H](C)OC(C)(C)C)NC2(CNC(=O)[C@H](C(C)C)NC(=O)[C@H](Cc3ccc(OC(C)(C)C)cc3)NC1=O)COC2. The minimum atomic E-state index is -1.12. The van der Waals surface area contributed by atoms with Crippen molar-refractivity contribution in [3.63, 3.8) is 0 Å². The number of amides is 5. The fourth-order valence-electron chi connectivity index (χ4n) is 7.15. The summed E-state index contributed by atoms with van der Waals surface area (Å²) in [5.74, 6) is -2.32. The Kier molecular flexibility index (Phi) is 16.1. The van der Waals surface area contributed by atoms with Crippen molar-refractivity contribution < 1.29 is 38.2 Å². The molecule has 59 heavy (non-hydrogen) atoms. The van der Waals surface area contributed by atoms with Gasteiger partial charge in [-0.3, -0.25) is 29.3 Å². The molecule has 326 valence electrons. The molecule has 1 spiro atoms. The quantitative estimate of drug-likeness (QED) is 0.209. The molecule has 2 aliphatic heterocycles. The largest absolute Gasteiger partial charge is 0.488 e. The van der Waals surface area contributed by atoms with Crippen LogP contribution in [-0.4, -0.2) is 102 Å². The van der Waals surface area contributed by atoms with Gasteiger partial charge in [0.15, 0.2) is 0 Å². The molecule has 2 aliphatic rings. The third kappa shape index (κ3) is 14.6. The predicted octanol–water partition coefficient (Wildman–Crippen LogP) is 3.35. The van der Waals surface area contributed by atoms with Gasteiger partial charge in [-0.05, 0) is 90.0 Å². The molecule has 2 fully saturated rings. The van der Waals surface area contributed by atoms with Gasteiger partial charge in [0.25, 0.3) is 0 Å². The molecular weight excluding hydrogens is 753 g/mol. The van der Waals surface area contributed by atoms with Crippen LogP contribution in [0.4, 0.5) is 0 Å². The van der Waals surface area contributed by atoms with Crippen LogP contribution in [0.1, 0.15) is 93.7 Å². The van der Waals surface area contributed by atoms with E-state index in [1.165, 1.54) is 0 Å². The zero-order chi connectivity index (χ0) is 43.7. The Bertz CT molecular complexity index is 1730. The van der Waals surface area contributed by atoms with Gasteiger partial charge in [0.1, 0.15) is 41.6 Å². The Morgan fingerprint density at radius 1 is 0.644 bits per heavy atom. The van der Waals surface area contributed by atoms with Crippen LogP contribution in [0.2, 0.25) is 0 Å². The molecule has 2 saturated heterocycles. The van der Waals surface area contributed by atoms with Crippen molar-refractivity contribution in [2.45, 2.75) is 148 Å². The monoisotopic (exact) mass is 821 g/mol. The van der Waals surface area contributed by atoms with Crippen LogP contribution in [0.15, 0.2) is 54.6 Å². The average molecular weight is 821 g/mol. The van der Waals surface area contributed by atoms with Gasteiger partial charge in [0.2, 0.25) is 29.5 Å². The van der Waals surface area contributed by atoms with E-state index in [1.54, 1.807) is 6.92 Å². The summed E-state index contributed by atoms with van der Waals surface area (Å²) in [6.45, 7) is 21.3. The first-order valence-corrected chi connectivity index (χ1v) is 20.9. The van der Waals surface area contributed by atoms with Crippen LogP contribution >= 0.6 is 0 Å². The molecule has 2 aromatic carbocycles. The number of carbonyl (C=O) groups excluding carboxylic acids is 5. The fraction of sp³-hybridized carbons (Fsp3) is 0.622. The Labute approximate surface area is 350 Å². The summed E-state index contributed by atoms with van der Waals surface area (Å²) >= 11 is 0. The summed E-state index contributed by atoms with van der Waals surface area (Å²) in [6.07, 6.45) is -0.210. The minimum absolute atomic E-state index is 0.0346. The highest BCUT2D eigenvalue weighted by Gasteiger charge is 2.45. The summed E-state index contributed by atoms with van der Waals surface area (Å²) in [5.41, 5.74) is -0.349. The zero-order valence-corrected chi connectivity index (χ0v) is 36.8. The summed E-state index contributed by atoms with van der Waals surface area (Å²) in [6, 6.07) is 11.4. The third-order valence-corrected chi connectivity index (χ3v) is 10.0. The highest BCUT2D eigenvalue weighted by molar-refractivity contribution is 5.96. The summed E-state index contributed by atoms with van der Waals surface area (Å²) < 4.78 is 17.9. The van der Waals surface area contributed by atoms with Crippen LogP contribution in [0.5, 0.6) is 5.75 Å². The minimum Gasteiger partial charge on any atom is -0.488 e. The molecular formula is C45H68N6O8. The maximum atomic E-state index is 14.5. The number of ether oxygens (including phenoxy) is 3. The molecule has 14 nitrogen and oxygen atoms in total. The number of carbonyl (C=O) groups is 5. The van der Waals surface area contributed by atoms with Crippen LogP contribution in [0.25, 0.3) is 0 Å². The number of benzene rings is 2. The Hall–Kier alpha value is -4.53. The second-order valence-corrected chi connectivity index (χ2v) is 18.8. The molecule has 0 aromatic heterocycles. The lowest BCUT2D eigenvalue weighted by Gasteiger charge is -2.46. The lowest BCUT2D eigenvalue weighted by Crippen LogP contribution is -2.72. The van der Waals surface area contributed by atoms with Crippen molar-refractivity contribution in [3.8, 4) is 5.75 Å². The molecule has 2 aromatic rings. The number of nitrogens with one attached hydrogen (secondary N) is 6. The molecule has 5 amide bonds. The first kappa shape index (κ1) is 47.2. The summed E-state index contributed by atoms with van der Waals surface area (Å²) in [4.78, 5) is 71.4. The zero-order valence-electron chi connectivity index (χ0n) is 36.8. The van der Waals surface area contributed by atoms with Crippen molar-refractivity contribution >= 4 is 29.5 Å². The highest BCUT2D eigenvalue weighted by atomic mass is 16.5. The number of hydrogen-bond acceptors (Lipinski definition) is 9. The summed E-state index contributed by atoms with van der Waals surface area (Å²) in [7, 11) is 0. The number of hydrogen-bond donors (Lipinski definition) is 6. The Balaban J connectivity index is 1.77. The van der Waals surface area contributed by atoms with Gasteiger partial charge in [0, 0.05) is 19.4 Å². The van der Waals surface area contributed by atoms with E-state index in [0.29, 0.717) is 5.75 Å². The topological polar surface area (TPSA) is 185 Å². The second kappa shape index (κ2) is 20.2. The molecule has 0 bridgehead atoms. The molecule has 6 N–H and O–H groups in total. The summed E-state index contributed by atoms with van der Waals surface area (Å²) in [5, 5.41) is 18.2. The molecule has 4 rings (SSSR count). The number of rotatable bonds is 10. The van der Waals surface area contributed by atoms with E-state index in [4.69, 9.17) is 14.2 Å². The van der Waals surface area contributed by atoms with E-state index in [2.05, 4.69) is 31.9 Å². The molecule has 0 radical (unpaired) electrons. The van der Waals surface area contributed by atoms with Crippen molar-refractivity contribution in [2.24, 2.45) is 11.8 Å². The van der Waals surface area contributed by atoms with E-state index in [-0.39, 0.29) is 50.9 Å². The van der Waals surface area contributed by atoms with Crippen LogP contribution in [-0.2, 0) is 46.3 Å². The van der Waals surface area contributed by atoms with Gasteiger partial charge in [0.05, 0.1) is 30.5 Å².